The van der Waals surface area contributed by atoms with Crippen LogP contribution >= 0.6 is 0 Å². The zero-order valence-electron chi connectivity index (χ0n) is 17.8. The Bertz CT molecular complexity index is 1140. The highest BCUT2D eigenvalue weighted by molar-refractivity contribution is 5.97. The fraction of sp³-hybridized carbons (Fsp3) is 0.167. The van der Waals surface area contributed by atoms with E-state index in [0.29, 0.717) is 5.56 Å². The van der Waals surface area contributed by atoms with Gasteiger partial charge in [-0.25, -0.2) is 9.18 Å². The first-order valence-corrected chi connectivity index (χ1v) is 10.1. The highest BCUT2D eigenvalue weighted by Crippen LogP contribution is 2.19. The van der Waals surface area contributed by atoms with Crippen LogP contribution < -0.4 is 10.6 Å². The molecule has 0 radical (unpaired) electrons. The van der Waals surface area contributed by atoms with Gasteiger partial charge in [-0.3, -0.25) is 14.9 Å². The maximum atomic E-state index is 13.9. The summed E-state index contributed by atoms with van der Waals surface area (Å²) >= 11 is 0. The van der Waals surface area contributed by atoms with E-state index in [4.69, 9.17) is 4.74 Å². The first kappa shape index (κ1) is 23.4. The normalized spacial score (nSPS) is 11.3. The number of ether oxygens (including phenoxy) is 1. The molecule has 2 amide bonds. The molecular weight excluding hydrogens is 429 g/mol. The highest BCUT2D eigenvalue weighted by Gasteiger charge is 2.23. The van der Waals surface area contributed by atoms with Crippen molar-refractivity contribution >= 4 is 23.4 Å². The zero-order chi connectivity index (χ0) is 23.8. The maximum absolute atomic E-state index is 13.9. The van der Waals surface area contributed by atoms with Crippen molar-refractivity contribution in [1.29, 1.82) is 0 Å². The number of nitrogens with one attached hydrogen (secondary N) is 2. The van der Waals surface area contributed by atoms with Gasteiger partial charge in [0.05, 0.1) is 4.92 Å². The second-order valence-electron chi connectivity index (χ2n) is 7.29. The molecule has 0 saturated carbocycles. The molecule has 0 unspecified atom stereocenters. The van der Waals surface area contributed by atoms with Gasteiger partial charge in [0, 0.05) is 29.8 Å². The van der Waals surface area contributed by atoms with Gasteiger partial charge in [0.1, 0.15) is 18.5 Å². The number of nitro benzene ring substituents is 1. The predicted octanol–water partition coefficient (Wildman–Crippen LogP) is 4.52. The largest absolute Gasteiger partial charge is 0.445 e. The van der Waals surface area contributed by atoms with Crippen LogP contribution in [0.2, 0.25) is 0 Å². The molecule has 8 nitrogen and oxygen atoms in total. The highest BCUT2D eigenvalue weighted by atomic mass is 19.1. The van der Waals surface area contributed by atoms with Crippen molar-refractivity contribution in [2.45, 2.75) is 26.0 Å². The molecule has 0 aliphatic rings. The van der Waals surface area contributed by atoms with Crippen LogP contribution in [0, 0.1) is 22.9 Å². The molecule has 170 valence electrons. The van der Waals surface area contributed by atoms with E-state index >= 15 is 0 Å². The third-order valence-electron chi connectivity index (χ3n) is 4.93. The lowest BCUT2D eigenvalue weighted by molar-refractivity contribution is -0.384. The van der Waals surface area contributed by atoms with Gasteiger partial charge in [0.2, 0.25) is 5.91 Å². The van der Waals surface area contributed by atoms with E-state index in [9.17, 15) is 24.1 Å². The Morgan fingerprint density at radius 1 is 1.00 bits per heavy atom. The number of benzene rings is 3. The van der Waals surface area contributed by atoms with Gasteiger partial charge in [-0.2, -0.15) is 0 Å². The Morgan fingerprint density at radius 2 is 1.70 bits per heavy atom. The van der Waals surface area contributed by atoms with E-state index in [-0.39, 0.29) is 30.0 Å². The number of nitrogens with zero attached hydrogens (tertiary/aromatic N) is 1. The lowest BCUT2D eigenvalue weighted by Crippen LogP contribution is -2.45. The number of amides is 2. The maximum Gasteiger partial charge on any atom is 0.408 e. The van der Waals surface area contributed by atoms with Crippen LogP contribution in [0.4, 0.5) is 20.6 Å². The van der Waals surface area contributed by atoms with Gasteiger partial charge in [-0.05, 0) is 30.2 Å². The van der Waals surface area contributed by atoms with Crippen LogP contribution in [0.1, 0.15) is 16.7 Å². The molecule has 0 aromatic heterocycles. The quantitative estimate of drug-likeness (QED) is 0.387. The van der Waals surface area contributed by atoms with Crippen LogP contribution in [0.5, 0.6) is 0 Å². The lowest BCUT2D eigenvalue weighted by atomic mass is 10.0. The molecule has 0 heterocycles. The fourth-order valence-corrected chi connectivity index (χ4v) is 3.07. The SMILES string of the molecule is Cc1c(F)cccc1NC(=O)[C@@H](Cc1ccc([N+](=O)[O-])cc1)NC(=O)OCc1ccccc1. The lowest BCUT2D eigenvalue weighted by Gasteiger charge is -2.19. The number of non-ortho nitro benzene ring substituents is 1. The molecule has 1 atom stereocenters. The van der Waals surface area contributed by atoms with Gasteiger partial charge in [0.25, 0.3) is 5.69 Å². The Morgan fingerprint density at radius 3 is 2.36 bits per heavy atom. The molecule has 0 spiro atoms. The van der Waals surface area contributed by atoms with E-state index in [2.05, 4.69) is 10.6 Å². The number of alkyl carbamates (subject to hydrolysis) is 1. The summed E-state index contributed by atoms with van der Waals surface area (Å²) in [6, 6.07) is 17.9. The number of anilines is 1. The Balaban J connectivity index is 1.74. The number of carbonyl (C=O) groups is 2. The number of rotatable bonds is 8. The summed E-state index contributed by atoms with van der Waals surface area (Å²) in [6.45, 7) is 1.54. The minimum Gasteiger partial charge on any atom is -0.445 e. The second-order valence-corrected chi connectivity index (χ2v) is 7.29. The summed E-state index contributed by atoms with van der Waals surface area (Å²) < 4.78 is 19.1. The summed E-state index contributed by atoms with van der Waals surface area (Å²) in [5.74, 6) is -1.06. The smallest absolute Gasteiger partial charge is 0.408 e. The molecule has 0 fully saturated rings. The Kier molecular flexibility index (Phi) is 7.69. The molecule has 9 heteroatoms. The molecule has 33 heavy (non-hydrogen) atoms. The van der Waals surface area contributed by atoms with Crippen molar-refractivity contribution in [3.63, 3.8) is 0 Å². The van der Waals surface area contributed by atoms with Gasteiger partial charge >= 0.3 is 6.09 Å². The molecule has 0 saturated heterocycles. The van der Waals surface area contributed by atoms with Crippen molar-refractivity contribution in [2.75, 3.05) is 5.32 Å². The Labute approximate surface area is 189 Å². The Hall–Kier alpha value is -4.27. The topological polar surface area (TPSA) is 111 Å². The van der Waals surface area contributed by atoms with Crippen molar-refractivity contribution < 1.29 is 23.6 Å². The van der Waals surface area contributed by atoms with Crippen LogP contribution in [0.15, 0.2) is 72.8 Å². The number of hydrogen-bond donors (Lipinski definition) is 2. The first-order chi connectivity index (χ1) is 15.8. The molecule has 0 aliphatic heterocycles. The summed E-state index contributed by atoms with van der Waals surface area (Å²) in [7, 11) is 0. The van der Waals surface area contributed by atoms with Crippen molar-refractivity contribution in [2.24, 2.45) is 0 Å². The van der Waals surface area contributed by atoms with Gasteiger partial charge in [-0.1, -0.05) is 48.5 Å². The minimum atomic E-state index is -1.07. The molecule has 2 N–H and O–H groups in total. The predicted molar refractivity (Wildman–Crippen MR) is 120 cm³/mol. The number of halogens is 1. The molecule has 3 aromatic rings. The third kappa shape index (κ3) is 6.60. The van der Waals surface area contributed by atoms with Crippen LogP contribution in [-0.4, -0.2) is 23.0 Å². The van der Waals surface area contributed by atoms with E-state index in [1.54, 1.807) is 18.2 Å². The average molecular weight is 451 g/mol. The monoisotopic (exact) mass is 451 g/mol. The van der Waals surface area contributed by atoms with Crippen LogP contribution in [0.3, 0.4) is 0 Å². The van der Waals surface area contributed by atoms with E-state index in [0.717, 1.165) is 5.56 Å². The van der Waals surface area contributed by atoms with Gasteiger partial charge in [-0.15, -0.1) is 0 Å². The van der Waals surface area contributed by atoms with Crippen molar-refractivity contribution in [3.8, 4) is 0 Å². The summed E-state index contributed by atoms with van der Waals surface area (Å²) in [4.78, 5) is 35.7. The minimum absolute atomic E-state index is 0.0154. The van der Waals surface area contributed by atoms with Crippen molar-refractivity contribution in [3.05, 3.63) is 105 Å². The zero-order valence-corrected chi connectivity index (χ0v) is 17.8. The second kappa shape index (κ2) is 10.9. The van der Waals surface area contributed by atoms with E-state index in [1.807, 2.05) is 18.2 Å². The number of nitro groups is 1. The van der Waals surface area contributed by atoms with Gasteiger partial charge in [0.15, 0.2) is 0 Å². The molecule has 3 rings (SSSR count). The van der Waals surface area contributed by atoms with E-state index in [1.165, 1.54) is 43.3 Å². The summed E-state index contributed by atoms with van der Waals surface area (Å²) in [5, 5.41) is 16.0. The molecule has 3 aromatic carbocycles. The summed E-state index contributed by atoms with van der Waals surface area (Å²) in [6.07, 6.45) is -0.768. The van der Waals surface area contributed by atoms with Gasteiger partial charge < -0.3 is 15.4 Å². The van der Waals surface area contributed by atoms with Crippen LogP contribution in [0.25, 0.3) is 0 Å². The average Bonchev–Trinajstić information content (AvgIpc) is 2.81. The standard InChI is InChI=1S/C24H22FN3O5/c1-16-20(25)8-5-9-21(16)26-23(29)22(14-17-10-12-19(13-11-17)28(31)32)27-24(30)33-15-18-6-3-2-4-7-18/h2-13,22H,14-15H2,1H3,(H,26,29)(H,27,30)/t22-/m1/s1. The third-order valence-corrected chi connectivity index (χ3v) is 4.93. The fourth-order valence-electron chi connectivity index (χ4n) is 3.07. The molecule has 0 aliphatic carbocycles. The van der Waals surface area contributed by atoms with Crippen molar-refractivity contribution in [1.82, 2.24) is 5.32 Å². The van der Waals surface area contributed by atoms with E-state index < -0.39 is 28.8 Å². The van der Waals surface area contributed by atoms with Crippen LogP contribution in [-0.2, 0) is 22.6 Å². The number of carbonyl (C=O) groups excluding carboxylic acids is 2. The molecule has 0 bridgehead atoms. The first-order valence-electron chi connectivity index (χ1n) is 10.1. The summed E-state index contributed by atoms with van der Waals surface area (Å²) in [5.41, 5.74) is 1.80. The molecular formula is C24H22FN3O5. The number of hydrogen-bond acceptors (Lipinski definition) is 5.